The fourth-order valence-corrected chi connectivity index (χ4v) is 4.03. The van der Waals surface area contributed by atoms with Gasteiger partial charge in [0.15, 0.2) is 5.13 Å². The summed E-state index contributed by atoms with van der Waals surface area (Å²) in [5.41, 5.74) is 0.599. The van der Waals surface area contributed by atoms with Crippen LogP contribution in [0.4, 0.5) is 5.13 Å². The van der Waals surface area contributed by atoms with Crippen LogP contribution in [0.5, 0.6) is 0 Å². The molecule has 1 fully saturated rings. The Morgan fingerprint density at radius 1 is 1.48 bits per heavy atom. The molecule has 2 rings (SSSR count). The van der Waals surface area contributed by atoms with Gasteiger partial charge in [0.1, 0.15) is 4.32 Å². The molecule has 138 valence electrons. The van der Waals surface area contributed by atoms with Crippen molar-refractivity contribution >= 4 is 56.6 Å². The van der Waals surface area contributed by atoms with Crippen LogP contribution in [-0.4, -0.2) is 71.7 Å². The third-order valence-corrected chi connectivity index (χ3v) is 5.96. The van der Waals surface area contributed by atoms with Crippen molar-refractivity contribution in [2.45, 2.75) is 13.3 Å². The number of nitrogens with zero attached hydrogens (tertiary/aromatic N) is 2. The number of rotatable bonds is 6. The first kappa shape index (κ1) is 20.1. The van der Waals surface area contributed by atoms with Crippen LogP contribution >= 0.6 is 35.3 Å². The Morgan fingerprint density at radius 2 is 2.20 bits per heavy atom. The Bertz CT molecular complexity index is 615. The number of esters is 1. The second-order valence-corrected chi connectivity index (χ2v) is 8.14. The number of hydrogen-bond acceptors (Lipinski definition) is 7. The molecule has 2 heterocycles. The Hall–Kier alpha value is -1.23. The Labute approximate surface area is 161 Å². The van der Waals surface area contributed by atoms with Crippen molar-refractivity contribution < 1.29 is 19.2 Å². The zero-order valence-electron chi connectivity index (χ0n) is 14.4. The van der Waals surface area contributed by atoms with Gasteiger partial charge in [-0.2, -0.15) is 0 Å². The van der Waals surface area contributed by atoms with Crippen molar-refractivity contribution in [2.75, 3.05) is 50.9 Å². The minimum atomic E-state index is -0.319. The highest BCUT2D eigenvalue weighted by Crippen LogP contribution is 2.17. The number of carbonyl (C=O) groups excluding carboxylic acids is 2. The van der Waals surface area contributed by atoms with E-state index in [9.17, 15) is 9.59 Å². The molecule has 1 amide bonds. The molecule has 1 aromatic heterocycles. The molecule has 0 saturated carbocycles. The molecule has 7 nitrogen and oxygen atoms in total. The molecule has 0 atom stereocenters. The lowest BCUT2D eigenvalue weighted by molar-refractivity contribution is -0.883. The molecule has 0 aromatic carbocycles. The summed E-state index contributed by atoms with van der Waals surface area (Å²) in [5.74, 6) is -0.213. The lowest BCUT2D eigenvalue weighted by atomic mass is 10.3. The number of hydrogen-bond donors (Lipinski definition) is 2. The van der Waals surface area contributed by atoms with Crippen LogP contribution in [0.2, 0.25) is 0 Å². The molecule has 0 aliphatic carbocycles. The summed E-state index contributed by atoms with van der Waals surface area (Å²) >= 11 is 8.08. The Morgan fingerprint density at radius 3 is 2.88 bits per heavy atom. The van der Waals surface area contributed by atoms with Crippen molar-refractivity contribution in [3.05, 3.63) is 11.1 Å². The molecule has 1 aliphatic rings. The number of thioether (sulfide) groups is 1. The fourth-order valence-electron chi connectivity index (χ4n) is 2.25. The summed E-state index contributed by atoms with van der Waals surface area (Å²) < 4.78 is 5.65. The minimum absolute atomic E-state index is 0.116. The Kier molecular flexibility index (Phi) is 8.07. The van der Waals surface area contributed by atoms with Crippen molar-refractivity contribution in [2.24, 2.45) is 0 Å². The van der Waals surface area contributed by atoms with Crippen LogP contribution in [0.25, 0.3) is 0 Å². The number of amides is 1. The van der Waals surface area contributed by atoms with Crippen molar-refractivity contribution in [3.63, 3.8) is 0 Å². The normalized spacial score (nSPS) is 15.0. The predicted molar refractivity (Wildman–Crippen MR) is 104 cm³/mol. The SMILES string of the molecule is CCOC(=O)Cc1csc(NC(=O)CSC(=S)N2CC[NH+](C)CC2)n1. The largest absolute Gasteiger partial charge is 0.466 e. The number of aromatic nitrogens is 1. The second kappa shape index (κ2) is 10.0. The van der Waals surface area contributed by atoms with Gasteiger partial charge in [-0.1, -0.05) is 24.0 Å². The molecule has 0 bridgehead atoms. The van der Waals surface area contributed by atoms with Crippen molar-refractivity contribution in [3.8, 4) is 0 Å². The molecule has 0 unspecified atom stereocenters. The molecule has 0 radical (unpaired) electrons. The average Bonchev–Trinajstić information content (AvgIpc) is 3.00. The van der Waals surface area contributed by atoms with Crippen molar-refractivity contribution in [1.29, 1.82) is 0 Å². The van der Waals surface area contributed by atoms with Gasteiger partial charge >= 0.3 is 5.97 Å². The number of piperazine rings is 1. The van der Waals surface area contributed by atoms with Crippen LogP contribution in [0.3, 0.4) is 0 Å². The zero-order chi connectivity index (χ0) is 18.2. The number of likely N-dealkylation sites (N-methyl/N-ethyl adjacent to an activating group) is 1. The van der Waals surface area contributed by atoms with Gasteiger partial charge in [0.25, 0.3) is 0 Å². The summed E-state index contributed by atoms with van der Waals surface area (Å²) in [6, 6.07) is 0. The van der Waals surface area contributed by atoms with Crippen LogP contribution in [0, 0.1) is 0 Å². The topological polar surface area (TPSA) is 76.0 Å². The molecule has 1 saturated heterocycles. The number of nitrogens with one attached hydrogen (secondary N) is 2. The summed E-state index contributed by atoms with van der Waals surface area (Å²) in [5, 5.41) is 4.98. The number of thiocarbonyl (C=S) groups is 1. The molecule has 25 heavy (non-hydrogen) atoms. The van der Waals surface area contributed by atoms with Crippen LogP contribution in [-0.2, 0) is 20.7 Å². The third kappa shape index (κ3) is 6.89. The summed E-state index contributed by atoms with van der Waals surface area (Å²) in [7, 11) is 2.17. The van der Waals surface area contributed by atoms with Crippen LogP contribution in [0.1, 0.15) is 12.6 Å². The van der Waals surface area contributed by atoms with Gasteiger partial charge in [-0.05, 0) is 6.92 Å². The van der Waals surface area contributed by atoms with E-state index in [4.69, 9.17) is 17.0 Å². The smallest absolute Gasteiger partial charge is 0.311 e. The second-order valence-electron chi connectivity index (χ2n) is 5.67. The van der Waals surface area contributed by atoms with E-state index < -0.39 is 0 Å². The van der Waals surface area contributed by atoms with Crippen LogP contribution in [0.15, 0.2) is 5.38 Å². The lowest BCUT2D eigenvalue weighted by Crippen LogP contribution is -3.12. The van der Waals surface area contributed by atoms with E-state index in [2.05, 4.69) is 22.2 Å². The standard InChI is InChI=1S/C15H22N4O3S3/c1-3-22-13(21)8-11-9-24-14(16-11)17-12(20)10-25-15(23)19-6-4-18(2)5-7-19/h9H,3-8,10H2,1-2H3,(H,16,17,20)/p+1. The first-order valence-electron chi connectivity index (χ1n) is 8.10. The van der Waals surface area contributed by atoms with Gasteiger partial charge in [-0.15, -0.1) is 11.3 Å². The maximum atomic E-state index is 12.0. The predicted octanol–water partition coefficient (Wildman–Crippen LogP) is 0.0356. The van der Waals surface area contributed by atoms with E-state index in [-0.39, 0.29) is 24.1 Å². The van der Waals surface area contributed by atoms with Crippen molar-refractivity contribution in [1.82, 2.24) is 9.88 Å². The lowest BCUT2D eigenvalue weighted by Gasteiger charge is -2.31. The van der Waals surface area contributed by atoms with Gasteiger partial charge in [-0.3, -0.25) is 9.59 Å². The first-order chi connectivity index (χ1) is 12.0. The highest BCUT2D eigenvalue weighted by molar-refractivity contribution is 8.23. The number of anilines is 1. The number of carbonyl (C=O) groups is 2. The van der Waals surface area contributed by atoms with E-state index in [0.29, 0.717) is 17.4 Å². The molecule has 0 spiro atoms. The van der Waals surface area contributed by atoms with E-state index >= 15 is 0 Å². The number of ether oxygens (including phenoxy) is 1. The Balaban J connectivity index is 1.72. The van der Waals surface area contributed by atoms with E-state index in [1.807, 2.05) is 0 Å². The van der Waals surface area contributed by atoms with E-state index in [0.717, 1.165) is 30.5 Å². The molecule has 10 heteroatoms. The molecule has 1 aromatic rings. The quantitative estimate of drug-likeness (QED) is 0.513. The van der Waals surface area contributed by atoms with Crippen LogP contribution < -0.4 is 10.2 Å². The van der Waals surface area contributed by atoms with Gasteiger partial charge in [-0.25, -0.2) is 4.98 Å². The summed E-state index contributed by atoms with van der Waals surface area (Å²) in [6.07, 6.45) is 0.116. The van der Waals surface area contributed by atoms with E-state index in [1.165, 1.54) is 28.0 Å². The fraction of sp³-hybridized carbons (Fsp3) is 0.600. The van der Waals surface area contributed by atoms with E-state index in [1.54, 1.807) is 12.3 Å². The highest BCUT2D eigenvalue weighted by atomic mass is 32.2. The number of thiazole rings is 1. The number of quaternary nitrogens is 1. The van der Waals surface area contributed by atoms with Gasteiger partial charge < -0.3 is 19.9 Å². The molecule has 2 N–H and O–H groups in total. The highest BCUT2D eigenvalue weighted by Gasteiger charge is 2.20. The monoisotopic (exact) mass is 403 g/mol. The third-order valence-electron chi connectivity index (χ3n) is 3.63. The minimum Gasteiger partial charge on any atom is -0.466 e. The summed E-state index contributed by atoms with van der Waals surface area (Å²) in [4.78, 5) is 31.4. The van der Waals surface area contributed by atoms with Gasteiger partial charge in [0, 0.05) is 5.38 Å². The molecular formula is C15H23N4O3S3+. The maximum Gasteiger partial charge on any atom is 0.311 e. The molecular weight excluding hydrogens is 380 g/mol. The molecule has 1 aliphatic heterocycles. The summed E-state index contributed by atoms with van der Waals surface area (Å²) in [6.45, 7) is 6.10. The first-order valence-corrected chi connectivity index (χ1v) is 10.4. The van der Waals surface area contributed by atoms with Gasteiger partial charge in [0.05, 0.1) is 57.7 Å². The maximum absolute atomic E-state index is 12.0. The average molecular weight is 404 g/mol. The van der Waals surface area contributed by atoms with Gasteiger partial charge in [0.2, 0.25) is 5.91 Å². The zero-order valence-corrected chi connectivity index (χ0v) is 16.8.